The minimum absolute atomic E-state index is 0.0104. The summed E-state index contributed by atoms with van der Waals surface area (Å²) >= 11 is 12.5. The van der Waals surface area contributed by atoms with Crippen LogP contribution >= 0.6 is 23.2 Å². The predicted octanol–water partition coefficient (Wildman–Crippen LogP) is 6.61. The van der Waals surface area contributed by atoms with Crippen LogP contribution in [0, 0.1) is 11.3 Å². The zero-order valence-electron chi connectivity index (χ0n) is 17.6. The third-order valence-electron chi connectivity index (χ3n) is 6.75. The summed E-state index contributed by atoms with van der Waals surface area (Å²) in [5.41, 5.74) is 1.42. The second-order valence-corrected chi connectivity index (χ2v) is 9.96. The maximum absolute atomic E-state index is 13.9. The largest absolute Gasteiger partial charge is 0.325 e. The minimum Gasteiger partial charge on any atom is -0.325 e. The van der Waals surface area contributed by atoms with Gasteiger partial charge in [-0.25, -0.2) is 0 Å². The van der Waals surface area contributed by atoms with Gasteiger partial charge in [-0.3, -0.25) is 4.79 Å². The fourth-order valence-electron chi connectivity index (χ4n) is 5.06. The highest BCUT2D eigenvalue weighted by atomic mass is 35.5. The van der Waals surface area contributed by atoms with Crippen molar-refractivity contribution < 1.29 is 9.59 Å². The van der Waals surface area contributed by atoms with Crippen molar-refractivity contribution in [1.29, 1.82) is 0 Å². The number of nitrogens with zero attached hydrogens (tertiary/aromatic N) is 1. The summed E-state index contributed by atoms with van der Waals surface area (Å²) in [7, 11) is 0. The van der Waals surface area contributed by atoms with Gasteiger partial charge in [0.05, 0.1) is 17.5 Å². The van der Waals surface area contributed by atoms with E-state index in [0.717, 1.165) is 30.3 Å². The number of piperidine rings is 1. The van der Waals surface area contributed by atoms with Gasteiger partial charge in [0.15, 0.2) is 0 Å². The van der Waals surface area contributed by atoms with E-state index in [-0.39, 0.29) is 23.8 Å². The van der Waals surface area contributed by atoms with Crippen LogP contribution < -0.4 is 0 Å². The molecule has 3 nitrogen and oxygen atoms in total. The van der Waals surface area contributed by atoms with Crippen LogP contribution in [0.4, 0.5) is 0 Å². The quantitative estimate of drug-likeness (QED) is 0.347. The van der Waals surface area contributed by atoms with E-state index in [0.29, 0.717) is 22.9 Å². The molecule has 0 spiro atoms. The van der Waals surface area contributed by atoms with Gasteiger partial charge in [0.1, 0.15) is 6.29 Å². The average Bonchev–Trinajstić information content (AvgIpc) is 3.58. The van der Waals surface area contributed by atoms with E-state index in [2.05, 4.69) is 12.6 Å². The third kappa shape index (κ3) is 4.31. The number of aldehydes is 1. The lowest BCUT2D eigenvalue weighted by atomic mass is 9.67. The molecule has 2 aliphatic rings. The molecule has 2 aromatic carbocycles. The Hall–Kier alpha value is -2.10. The second kappa shape index (κ2) is 8.80. The summed E-state index contributed by atoms with van der Waals surface area (Å²) in [5, 5.41) is 1.30. The highest BCUT2D eigenvalue weighted by Crippen LogP contribution is 2.53. The molecule has 5 heteroatoms. The lowest BCUT2D eigenvalue weighted by Gasteiger charge is -2.51. The van der Waals surface area contributed by atoms with Crippen molar-refractivity contribution in [3.8, 4) is 0 Å². The Kier molecular flexibility index (Phi) is 6.27. The van der Waals surface area contributed by atoms with Gasteiger partial charge < -0.3 is 9.69 Å². The van der Waals surface area contributed by atoms with Crippen LogP contribution in [0.15, 0.2) is 61.2 Å². The first-order valence-corrected chi connectivity index (χ1v) is 11.5. The Morgan fingerprint density at radius 1 is 1.13 bits per heavy atom. The molecule has 1 saturated heterocycles. The van der Waals surface area contributed by atoms with E-state index in [1.807, 2.05) is 54.3 Å². The smallest absolute Gasteiger partial charge is 0.229 e. The number of halogens is 2. The Morgan fingerprint density at radius 2 is 1.84 bits per heavy atom. The van der Waals surface area contributed by atoms with Crippen molar-refractivity contribution in [3.05, 3.63) is 82.4 Å². The Bertz CT molecular complexity index is 985. The molecule has 0 bridgehead atoms. The molecule has 0 unspecified atom stereocenters. The molecule has 1 heterocycles. The zero-order chi connectivity index (χ0) is 22.2. The molecule has 0 N–H and O–H groups in total. The molecule has 1 saturated carbocycles. The molecule has 4 rings (SSSR count). The molecule has 0 aromatic heterocycles. The monoisotopic (exact) mass is 455 g/mol. The van der Waals surface area contributed by atoms with Crippen LogP contribution in [0.25, 0.3) is 0 Å². The molecular formula is C26H27Cl2NO2. The van der Waals surface area contributed by atoms with Crippen molar-refractivity contribution in [2.45, 2.75) is 50.6 Å². The van der Waals surface area contributed by atoms with E-state index in [1.54, 1.807) is 6.08 Å². The molecule has 1 amide bonds. The fourth-order valence-corrected chi connectivity index (χ4v) is 5.38. The van der Waals surface area contributed by atoms with Crippen LogP contribution in [-0.2, 0) is 9.59 Å². The number of allylic oxidation sites excluding steroid dienone is 1. The summed E-state index contributed by atoms with van der Waals surface area (Å²) in [6.07, 6.45) is 5.93. The number of carbonyl (C=O) groups is 2. The molecule has 2 fully saturated rings. The summed E-state index contributed by atoms with van der Waals surface area (Å²) in [4.78, 5) is 28.1. The molecule has 162 valence electrons. The maximum atomic E-state index is 13.9. The predicted molar refractivity (Wildman–Crippen MR) is 125 cm³/mol. The van der Waals surface area contributed by atoms with Crippen molar-refractivity contribution in [1.82, 2.24) is 4.90 Å². The number of amides is 1. The second-order valence-electron chi connectivity index (χ2n) is 9.09. The van der Waals surface area contributed by atoms with Crippen LogP contribution in [0.2, 0.25) is 10.0 Å². The molecule has 2 aromatic rings. The molecular weight excluding hydrogens is 429 g/mol. The number of benzene rings is 2. The van der Waals surface area contributed by atoms with Gasteiger partial charge in [-0.2, -0.15) is 0 Å². The summed E-state index contributed by atoms with van der Waals surface area (Å²) in [6, 6.07) is 14.8. The SMILES string of the molecule is C=CC[C@@]1(C)C[C@H](c2cccc(Cl)c2)[C@@H](c2ccc(Cl)cc2)N([C@H](C=O)C2CC2)C1=O. The zero-order valence-corrected chi connectivity index (χ0v) is 19.1. The molecule has 1 aliphatic carbocycles. The van der Waals surface area contributed by atoms with Crippen molar-refractivity contribution >= 4 is 35.4 Å². The maximum Gasteiger partial charge on any atom is 0.229 e. The Morgan fingerprint density at radius 3 is 2.42 bits per heavy atom. The number of likely N-dealkylation sites (tertiary alicyclic amines) is 1. The number of hydrogen-bond acceptors (Lipinski definition) is 2. The van der Waals surface area contributed by atoms with Gasteiger partial charge in [-0.1, -0.05) is 60.5 Å². The van der Waals surface area contributed by atoms with Crippen LogP contribution in [0.5, 0.6) is 0 Å². The first-order chi connectivity index (χ1) is 14.9. The van der Waals surface area contributed by atoms with Gasteiger partial charge in [0.25, 0.3) is 0 Å². The van der Waals surface area contributed by atoms with Gasteiger partial charge in [0.2, 0.25) is 5.91 Å². The Labute approximate surface area is 194 Å². The van der Waals surface area contributed by atoms with E-state index in [1.165, 1.54) is 0 Å². The molecule has 4 atom stereocenters. The molecule has 31 heavy (non-hydrogen) atoms. The third-order valence-corrected chi connectivity index (χ3v) is 7.24. The number of carbonyl (C=O) groups excluding carboxylic acids is 2. The molecule has 1 aliphatic heterocycles. The lowest BCUT2D eigenvalue weighted by molar-refractivity contribution is -0.156. The van der Waals surface area contributed by atoms with Gasteiger partial charge in [-0.15, -0.1) is 6.58 Å². The van der Waals surface area contributed by atoms with Crippen LogP contribution in [0.1, 0.15) is 55.7 Å². The number of rotatable bonds is 7. The number of hydrogen-bond donors (Lipinski definition) is 0. The lowest BCUT2D eigenvalue weighted by Crippen LogP contribution is -2.56. The van der Waals surface area contributed by atoms with Gasteiger partial charge in [-0.05, 0) is 67.0 Å². The van der Waals surface area contributed by atoms with E-state index >= 15 is 0 Å². The normalized spacial score (nSPS) is 27.1. The Balaban J connectivity index is 1.90. The summed E-state index contributed by atoms with van der Waals surface area (Å²) in [5.74, 6) is 0.237. The van der Waals surface area contributed by atoms with Crippen LogP contribution in [0.3, 0.4) is 0 Å². The van der Waals surface area contributed by atoms with Crippen molar-refractivity contribution in [3.63, 3.8) is 0 Å². The topological polar surface area (TPSA) is 37.4 Å². The molecule has 0 radical (unpaired) electrons. The van der Waals surface area contributed by atoms with E-state index in [9.17, 15) is 9.59 Å². The fraction of sp³-hybridized carbons (Fsp3) is 0.385. The van der Waals surface area contributed by atoms with Crippen molar-refractivity contribution in [2.75, 3.05) is 0 Å². The minimum atomic E-state index is -0.631. The van der Waals surface area contributed by atoms with Gasteiger partial charge in [0, 0.05) is 16.0 Å². The summed E-state index contributed by atoms with van der Waals surface area (Å²) in [6.45, 7) is 5.89. The van der Waals surface area contributed by atoms with E-state index < -0.39 is 11.5 Å². The first kappa shape index (κ1) is 22.1. The van der Waals surface area contributed by atoms with Gasteiger partial charge >= 0.3 is 0 Å². The summed E-state index contributed by atoms with van der Waals surface area (Å²) < 4.78 is 0. The van der Waals surface area contributed by atoms with Crippen LogP contribution in [-0.4, -0.2) is 23.1 Å². The van der Waals surface area contributed by atoms with E-state index in [4.69, 9.17) is 23.2 Å². The van der Waals surface area contributed by atoms with Crippen molar-refractivity contribution in [2.24, 2.45) is 11.3 Å². The highest BCUT2D eigenvalue weighted by Gasteiger charge is 2.53. The standard InChI is InChI=1S/C26H27Cl2NO2/c1-3-13-26(2)15-22(19-5-4-6-21(28)14-19)24(18-9-11-20(27)12-10-18)29(25(26)31)23(16-30)17-7-8-17/h3-6,9-12,14,16-17,22-24H,1,7-8,13,15H2,2H3/t22-,23-,24-,26+/m1/s1. The average molecular weight is 456 g/mol. The first-order valence-electron chi connectivity index (χ1n) is 10.8. The highest BCUT2D eigenvalue weighted by molar-refractivity contribution is 6.30.